The van der Waals surface area contributed by atoms with Gasteiger partial charge in [0, 0.05) is 11.3 Å². The Morgan fingerprint density at radius 2 is 2.36 bits per heavy atom. The van der Waals surface area contributed by atoms with E-state index in [0.29, 0.717) is 0 Å². The summed E-state index contributed by atoms with van der Waals surface area (Å²) in [6.45, 7) is 0. The molecular formula is C10H9N. The lowest BCUT2D eigenvalue weighted by molar-refractivity contribution is 1.22. The number of hydrogen-bond acceptors (Lipinski definition) is 1. The molecule has 0 amide bonds. The van der Waals surface area contributed by atoms with Gasteiger partial charge in [0.25, 0.3) is 0 Å². The normalized spacial score (nSPS) is 21.6. The molecule has 2 radical (unpaired) electrons. The van der Waals surface area contributed by atoms with Crippen LogP contribution in [0.25, 0.3) is 0 Å². The van der Waals surface area contributed by atoms with Crippen molar-refractivity contribution in [2.45, 2.75) is 12.8 Å². The maximum Gasteiger partial charge on any atom is 0.0356 e. The summed E-state index contributed by atoms with van der Waals surface area (Å²) in [6, 6.07) is 0. The monoisotopic (exact) mass is 143 g/mol. The van der Waals surface area contributed by atoms with Gasteiger partial charge in [-0.25, -0.2) is 0 Å². The van der Waals surface area contributed by atoms with E-state index in [0.717, 1.165) is 24.1 Å². The Hall–Kier alpha value is -1.24. The Labute approximate surface area is 66.6 Å². The molecule has 0 bridgehead atoms. The molecule has 2 N–H and O–H groups in total. The molecule has 0 spiro atoms. The fourth-order valence-electron chi connectivity index (χ4n) is 1.32. The van der Waals surface area contributed by atoms with Crippen LogP contribution in [0.4, 0.5) is 0 Å². The molecule has 11 heavy (non-hydrogen) atoms. The van der Waals surface area contributed by atoms with Crippen molar-refractivity contribution in [2.24, 2.45) is 5.73 Å². The van der Waals surface area contributed by atoms with Crippen molar-refractivity contribution in [2.75, 3.05) is 0 Å². The second-order valence-electron chi connectivity index (χ2n) is 2.64. The first kappa shape index (κ1) is 6.47. The van der Waals surface area contributed by atoms with E-state index in [2.05, 4.69) is 18.2 Å². The average molecular weight is 143 g/mol. The van der Waals surface area contributed by atoms with E-state index in [-0.39, 0.29) is 0 Å². The van der Waals surface area contributed by atoms with Gasteiger partial charge in [0.2, 0.25) is 0 Å². The van der Waals surface area contributed by atoms with Gasteiger partial charge < -0.3 is 5.73 Å². The van der Waals surface area contributed by atoms with Crippen molar-refractivity contribution in [3.63, 3.8) is 0 Å². The Balaban J connectivity index is 2.24. The molecule has 0 aromatic heterocycles. The molecule has 0 fully saturated rings. The average Bonchev–Trinajstić information content (AvgIpc) is 2.55. The Morgan fingerprint density at radius 3 is 2.91 bits per heavy atom. The minimum absolute atomic E-state index is 0.854. The van der Waals surface area contributed by atoms with Crippen LogP contribution in [-0.2, 0) is 0 Å². The lowest BCUT2D eigenvalue weighted by Crippen LogP contribution is -1.99. The van der Waals surface area contributed by atoms with Crippen LogP contribution in [0, 0.1) is 12.2 Å². The van der Waals surface area contributed by atoms with E-state index >= 15 is 0 Å². The largest absolute Gasteiger partial charge is 0.398 e. The molecule has 0 heterocycles. The second kappa shape index (κ2) is 2.42. The van der Waals surface area contributed by atoms with Crippen molar-refractivity contribution < 1.29 is 0 Å². The predicted octanol–water partition coefficient (Wildman–Crippen LogP) is 1.65. The third kappa shape index (κ3) is 1.03. The zero-order chi connectivity index (χ0) is 7.68. The molecule has 0 saturated carbocycles. The predicted molar refractivity (Wildman–Crippen MR) is 44.2 cm³/mol. The van der Waals surface area contributed by atoms with Gasteiger partial charge in [-0.2, -0.15) is 0 Å². The first-order valence-electron chi connectivity index (χ1n) is 3.72. The molecule has 0 saturated heterocycles. The fraction of sp³-hybridized carbons (Fsp3) is 0.200. The van der Waals surface area contributed by atoms with E-state index in [1.54, 1.807) is 0 Å². The lowest BCUT2D eigenvalue weighted by Gasteiger charge is -2.02. The zero-order valence-corrected chi connectivity index (χ0v) is 6.22. The van der Waals surface area contributed by atoms with Crippen LogP contribution in [-0.4, -0.2) is 0 Å². The van der Waals surface area contributed by atoms with Gasteiger partial charge in [-0.3, -0.25) is 0 Å². The van der Waals surface area contributed by atoms with E-state index < -0.39 is 0 Å². The molecule has 0 unspecified atom stereocenters. The molecule has 0 aromatic carbocycles. The summed E-state index contributed by atoms with van der Waals surface area (Å²) in [5.74, 6) is 0. The van der Waals surface area contributed by atoms with Gasteiger partial charge in [0.05, 0.1) is 0 Å². The molecule has 0 aliphatic heterocycles. The van der Waals surface area contributed by atoms with Gasteiger partial charge >= 0.3 is 0 Å². The number of rotatable bonds is 1. The zero-order valence-electron chi connectivity index (χ0n) is 6.22. The molecule has 2 aliphatic carbocycles. The van der Waals surface area contributed by atoms with Crippen LogP contribution in [0.2, 0.25) is 0 Å². The summed E-state index contributed by atoms with van der Waals surface area (Å²) in [5.41, 5.74) is 8.83. The first-order valence-corrected chi connectivity index (χ1v) is 3.72. The van der Waals surface area contributed by atoms with Crippen LogP contribution >= 0.6 is 0 Å². The molecule has 1 heteroatoms. The highest BCUT2D eigenvalue weighted by Crippen LogP contribution is 2.26. The van der Waals surface area contributed by atoms with Crippen molar-refractivity contribution in [3.8, 4) is 0 Å². The summed E-state index contributed by atoms with van der Waals surface area (Å²) in [6.07, 6.45) is 14.2. The third-order valence-electron chi connectivity index (χ3n) is 1.89. The topological polar surface area (TPSA) is 26.0 Å². The molecule has 0 atom stereocenters. The van der Waals surface area contributed by atoms with Crippen LogP contribution in [0.15, 0.2) is 35.1 Å². The smallest absolute Gasteiger partial charge is 0.0356 e. The Morgan fingerprint density at radius 1 is 1.45 bits per heavy atom. The van der Waals surface area contributed by atoms with Gasteiger partial charge in [-0.1, -0.05) is 18.2 Å². The van der Waals surface area contributed by atoms with Gasteiger partial charge in [0.15, 0.2) is 0 Å². The Bertz CT molecular complexity index is 290. The van der Waals surface area contributed by atoms with Crippen LogP contribution in [0.3, 0.4) is 0 Å². The summed E-state index contributed by atoms with van der Waals surface area (Å²) >= 11 is 0. The second-order valence-corrected chi connectivity index (χ2v) is 2.64. The third-order valence-corrected chi connectivity index (χ3v) is 1.89. The fourth-order valence-corrected chi connectivity index (χ4v) is 1.32. The van der Waals surface area contributed by atoms with E-state index in [9.17, 15) is 0 Å². The summed E-state index contributed by atoms with van der Waals surface area (Å²) in [5, 5.41) is 0. The maximum atomic E-state index is 5.73. The molecule has 2 aliphatic rings. The summed E-state index contributed by atoms with van der Waals surface area (Å²) < 4.78 is 0. The van der Waals surface area contributed by atoms with Crippen molar-refractivity contribution in [1.82, 2.24) is 0 Å². The highest BCUT2D eigenvalue weighted by Gasteiger charge is 2.12. The molecule has 2 rings (SSSR count). The number of nitrogens with two attached hydrogens (primary N) is 1. The summed E-state index contributed by atoms with van der Waals surface area (Å²) in [7, 11) is 0. The molecule has 54 valence electrons. The number of allylic oxidation sites excluding steroid dienone is 6. The number of hydrogen-bond donors (Lipinski definition) is 1. The highest BCUT2D eigenvalue weighted by molar-refractivity contribution is 5.49. The molecule has 0 aromatic rings. The van der Waals surface area contributed by atoms with Gasteiger partial charge in [-0.05, 0) is 30.6 Å². The minimum Gasteiger partial charge on any atom is -0.398 e. The standard InChI is InChI=1S/C10H9N/c11-10-7-3-6-9(10)8-4-1-2-5-8/h1-2,7H,3-4,11H2. The van der Waals surface area contributed by atoms with Crippen molar-refractivity contribution in [1.29, 1.82) is 0 Å². The van der Waals surface area contributed by atoms with Crippen LogP contribution < -0.4 is 5.73 Å². The van der Waals surface area contributed by atoms with Gasteiger partial charge in [0.1, 0.15) is 0 Å². The van der Waals surface area contributed by atoms with Crippen molar-refractivity contribution in [3.05, 3.63) is 47.2 Å². The lowest BCUT2D eigenvalue weighted by atomic mass is 10.1. The van der Waals surface area contributed by atoms with E-state index in [1.165, 1.54) is 5.57 Å². The minimum atomic E-state index is 0.854. The maximum absolute atomic E-state index is 5.73. The van der Waals surface area contributed by atoms with Crippen LogP contribution in [0.1, 0.15) is 12.8 Å². The Kier molecular flexibility index (Phi) is 1.42. The molecule has 1 nitrogen and oxygen atoms in total. The van der Waals surface area contributed by atoms with Gasteiger partial charge in [-0.15, -0.1) is 0 Å². The van der Waals surface area contributed by atoms with Crippen molar-refractivity contribution >= 4 is 0 Å². The molecular weight excluding hydrogens is 134 g/mol. The van der Waals surface area contributed by atoms with E-state index in [1.807, 2.05) is 12.2 Å². The highest BCUT2D eigenvalue weighted by atomic mass is 14.6. The SMILES string of the molecule is NC1=CC[C]=C1C1=[C]C=CC1. The first-order chi connectivity index (χ1) is 5.38. The van der Waals surface area contributed by atoms with E-state index in [4.69, 9.17) is 5.73 Å². The van der Waals surface area contributed by atoms with Crippen LogP contribution in [0.5, 0.6) is 0 Å². The summed E-state index contributed by atoms with van der Waals surface area (Å²) in [4.78, 5) is 0. The quantitative estimate of drug-likeness (QED) is 0.593.